The molecule has 1 amide bonds. The average Bonchev–Trinajstić information content (AvgIpc) is 3.27. The first-order chi connectivity index (χ1) is 17.4. The molecule has 0 fully saturated rings. The fourth-order valence-corrected chi connectivity index (χ4v) is 5.22. The van der Waals surface area contributed by atoms with Gasteiger partial charge < -0.3 is 10.6 Å². The monoisotopic (exact) mass is 515 g/mol. The van der Waals surface area contributed by atoms with Crippen molar-refractivity contribution in [2.24, 2.45) is 0 Å². The molecular formula is C28H26ClN5OS. The van der Waals surface area contributed by atoms with Crippen LogP contribution in [0.4, 0.5) is 11.6 Å². The molecule has 5 rings (SSSR count). The number of nitrogens with one attached hydrogen (secondary N) is 2. The molecular weight excluding hydrogens is 490 g/mol. The Morgan fingerprint density at radius 2 is 1.81 bits per heavy atom. The van der Waals surface area contributed by atoms with Crippen molar-refractivity contribution in [1.82, 2.24) is 14.8 Å². The summed E-state index contributed by atoms with van der Waals surface area (Å²) in [5, 5.41) is 12.5. The standard InChI is InChI=1S/C28H26ClN5OS/c1-17-9-14-23(18(2)15-17)31-26(35)24-19(3)30-27-32-28(36-16-20-7-5-4-6-8-20)33-34(27)25(24)21-10-12-22(29)13-11-21/h4-15,25H,16H2,1-3H3,(H,31,35)(H,30,32,33)/t25-/m0/s1. The number of carbonyl (C=O) groups excluding carboxylic acids is 1. The molecule has 1 aliphatic heterocycles. The summed E-state index contributed by atoms with van der Waals surface area (Å²) in [5.41, 5.74) is 6.34. The number of thioether (sulfide) groups is 1. The highest BCUT2D eigenvalue weighted by Gasteiger charge is 2.34. The van der Waals surface area contributed by atoms with Crippen molar-refractivity contribution in [1.29, 1.82) is 0 Å². The van der Waals surface area contributed by atoms with Gasteiger partial charge in [0.25, 0.3) is 5.91 Å². The fourth-order valence-electron chi connectivity index (χ4n) is 4.31. The molecule has 0 bridgehead atoms. The quantitative estimate of drug-likeness (QED) is 0.277. The molecule has 4 aromatic rings. The molecule has 182 valence electrons. The SMILES string of the molecule is CC1=C(C(=O)Nc2ccc(C)cc2C)[C@H](c2ccc(Cl)cc2)n2nc(SCc3ccccc3)nc2N1. The summed E-state index contributed by atoms with van der Waals surface area (Å²) in [7, 11) is 0. The summed E-state index contributed by atoms with van der Waals surface area (Å²) < 4.78 is 1.79. The number of amides is 1. The second-order valence-electron chi connectivity index (χ2n) is 8.83. The number of nitrogens with zero attached hydrogens (tertiary/aromatic N) is 3. The maximum atomic E-state index is 13.7. The van der Waals surface area contributed by atoms with Crippen molar-refractivity contribution in [3.8, 4) is 0 Å². The van der Waals surface area contributed by atoms with Crippen LogP contribution in [0.5, 0.6) is 0 Å². The van der Waals surface area contributed by atoms with Crippen LogP contribution in [-0.2, 0) is 10.5 Å². The van der Waals surface area contributed by atoms with Gasteiger partial charge in [-0.05, 0) is 55.7 Å². The molecule has 0 unspecified atom stereocenters. The van der Waals surface area contributed by atoms with Crippen LogP contribution in [0.25, 0.3) is 0 Å². The van der Waals surface area contributed by atoms with Crippen LogP contribution in [-0.4, -0.2) is 20.7 Å². The number of hydrogen-bond acceptors (Lipinski definition) is 5. The van der Waals surface area contributed by atoms with Crippen molar-refractivity contribution in [3.05, 3.63) is 111 Å². The fraction of sp³-hybridized carbons (Fsp3) is 0.179. The Bertz CT molecular complexity index is 1450. The van der Waals surface area contributed by atoms with E-state index in [9.17, 15) is 4.79 Å². The van der Waals surface area contributed by atoms with Gasteiger partial charge in [0, 0.05) is 22.2 Å². The van der Waals surface area contributed by atoms with Crippen molar-refractivity contribution < 1.29 is 4.79 Å². The highest BCUT2D eigenvalue weighted by atomic mass is 35.5. The van der Waals surface area contributed by atoms with Gasteiger partial charge in [0.1, 0.15) is 6.04 Å². The number of hydrogen-bond donors (Lipinski definition) is 2. The van der Waals surface area contributed by atoms with E-state index in [0.29, 0.717) is 21.7 Å². The number of halogens is 1. The molecule has 36 heavy (non-hydrogen) atoms. The number of anilines is 2. The van der Waals surface area contributed by atoms with Gasteiger partial charge in [-0.2, -0.15) is 4.98 Å². The first-order valence-corrected chi connectivity index (χ1v) is 13.0. The van der Waals surface area contributed by atoms with E-state index >= 15 is 0 Å². The third-order valence-corrected chi connectivity index (χ3v) is 7.27. The van der Waals surface area contributed by atoms with Crippen molar-refractivity contribution >= 4 is 40.9 Å². The molecule has 2 N–H and O–H groups in total. The van der Waals surface area contributed by atoms with Crippen LogP contribution in [0, 0.1) is 13.8 Å². The topological polar surface area (TPSA) is 71.8 Å². The predicted octanol–water partition coefficient (Wildman–Crippen LogP) is 6.77. The van der Waals surface area contributed by atoms with E-state index in [0.717, 1.165) is 33.8 Å². The highest BCUT2D eigenvalue weighted by Crippen LogP contribution is 2.37. The molecule has 8 heteroatoms. The van der Waals surface area contributed by atoms with E-state index in [2.05, 4.69) is 28.8 Å². The molecule has 0 saturated heterocycles. The molecule has 0 radical (unpaired) electrons. The first-order valence-electron chi connectivity index (χ1n) is 11.6. The average molecular weight is 516 g/mol. The Hall–Kier alpha value is -3.55. The minimum Gasteiger partial charge on any atom is -0.328 e. The lowest BCUT2D eigenvalue weighted by Gasteiger charge is -2.29. The normalized spacial score (nSPS) is 14.8. The summed E-state index contributed by atoms with van der Waals surface area (Å²) in [4.78, 5) is 18.4. The lowest BCUT2D eigenvalue weighted by molar-refractivity contribution is -0.113. The summed E-state index contributed by atoms with van der Waals surface area (Å²) in [6.45, 7) is 5.92. The predicted molar refractivity (Wildman–Crippen MR) is 146 cm³/mol. The number of aromatic nitrogens is 3. The Kier molecular flexibility index (Phi) is 6.85. The summed E-state index contributed by atoms with van der Waals surface area (Å²) in [6, 6.07) is 23.2. The van der Waals surface area contributed by atoms with E-state index in [1.54, 1.807) is 16.4 Å². The van der Waals surface area contributed by atoms with E-state index in [1.165, 1.54) is 5.56 Å². The Balaban J connectivity index is 1.50. The lowest BCUT2D eigenvalue weighted by atomic mass is 9.95. The number of aryl methyl sites for hydroxylation is 2. The van der Waals surface area contributed by atoms with E-state index < -0.39 is 6.04 Å². The number of benzene rings is 3. The Morgan fingerprint density at radius 3 is 2.53 bits per heavy atom. The number of fused-ring (bicyclic) bond motifs is 1. The van der Waals surface area contributed by atoms with E-state index in [1.807, 2.05) is 75.4 Å². The Labute approximate surface area is 219 Å². The molecule has 2 heterocycles. The van der Waals surface area contributed by atoms with Gasteiger partial charge in [-0.15, -0.1) is 5.10 Å². The third kappa shape index (κ3) is 5.03. The summed E-state index contributed by atoms with van der Waals surface area (Å²) in [5.74, 6) is 1.17. The van der Waals surface area contributed by atoms with Gasteiger partial charge in [-0.3, -0.25) is 4.79 Å². The first kappa shape index (κ1) is 24.2. The van der Waals surface area contributed by atoms with E-state index in [-0.39, 0.29) is 5.91 Å². The van der Waals surface area contributed by atoms with Crippen LogP contribution < -0.4 is 10.6 Å². The Morgan fingerprint density at radius 1 is 1.06 bits per heavy atom. The summed E-state index contributed by atoms with van der Waals surface area (Å²) in [6.07, 6.45) is 0. The van der Waals surface area contributed by atoms with Gasteiger partial charge in [0.05, 0.1) is 5.57 Å². The number of allylic oxidation sites excluding steroid dienone is 1. The zero-order chi connectivity index (χ0) is 25.2. The molecule has 6 nitrogen and oxygen atoms in total. The minimum atomic E-state index is -0.456. The third-order valence-electron chi connectivity index (χ3n) is 6.10. The molecule has 3 aromatic carbocycles. The minimum absolute atomic E-state index is 0.188. The molecule has 1 aliphatic rings. The molecule has 1 atom stereocenters. The lowest BCUT2D eigenvalue weighted by Crippen LogP contribution is -2.31. The molecule has 0 saturated carbocycles. The van der Waals surface area contributed by atoms with Crippen molar-refractivity contribution in [2.75, 3.05) is 10.6 Å². The van der Waals surface area contributed by atoms with Crippen LogP contribution in [0.1, 0.15) is 35.2 Å². The highest BCUT2D eigenvalue weighted by molar-refractivity contribution is 7.98. The van der Waals surface area contributed by atoms with Crippen LogP contribution >= 0.6 is 23.4 Å². The van der Waals surface area contributed by atoms with Gasteiger partial charge in [-0.25, -0.2) is 4.68 Å². The molecule has 0 spiro atoms. The van der Waals surface area contributed by atoms with Gasteiger partial charge in [-0.1, -0.05) is 83.5 Å². The smallest absolute Gasteiger partial charge is 0.255 e. The van der Waals surface area contributed by atoms with Crippen molar-refractivity contribution in [3.63, 3.8) is 0 Å². The van der Waals surface area contributed by atoms with Crippen molar-refractivity contribution in [2.45, 2.75) is 37.7 Å². The molecule has 1 aromatic heterocycles. The zero-order valence-corrected chi connectivity index (χ0v) is 21.8. The van der Waals surface area contributed by atoms with Crippen LogP contribution in [0.2, 0.25) is 5.02 Å². The van der Waals surface area contributed by atoms with Gasteiger partial charge in [0.2, 0.25) is 11.1 Å². The maximum absolute atomic E-state index is 13.7. The second kappa shape index (κ2) is 10.2. The molecule has 0 aliphatic carbocycles. The van der Waals surface area contributed by atoms with E-state index in [4.69, 9.17) is 21.7 Å². The number of carbonyl (C=O) groups is 1. The van der Waals surface area contributed by atoms with Crippen LogP contribution in [0.15, 0.2) is 89.2 Å². The summed E-state index contributed by atoms with van der Waals surface area (Å²) >= 11 is 7.74. The van der Waals surface area contributed by atoms with Gasteiger partial charge >= 0.3 is 0 Å². The second-order valence-corrected chi connectivity index (χ2v) is 10.2. The van der Waals surface area contributed by atoms with Crippen LogP contribution in [0.3, 0.4) is 0 Å². The zero-order valence-electron chi connectivity index (χ0n) is 20.2. The maximum Gasteiger partial charge on any atom is 0.255 e. The largest absolute Gasteiger partial charge is 0.328 e. The van der Waals surface area contributed by atoms with Gasteiger partial charge in [0.15, 0.2) is 0 Å². The number of rotatable bonds is 6.